The molecule has 9 nitrogen and oxygen atoms in total. The molecule has 2 N–H and O–H groups in total. The fraction of sp³-hybridized carbons (Fsp3) is 0.357. The van der Waals surface area contributed by atoms with Gasteiger partial charge in [-0.1, -0.05) is 5.92 Å². The number of rotatable bonds is 5. The third kappa shape index (κ3) is 4.56. The van der Waals surface area contributed by atoms with E-state index >= 15 is 4.39 Å². The number of ether oxygens (including phenoxy) is 1. The van der Waals surface area contributed by atoms with E-state index in [2.05, 4.69) is 26.2 Å². The zero-order valence-corrected chi connectivity index (χ0v) is 21.4. The van der Waals surface area contributed by atoms with Gasteiger partial charge >= 0.3 is 0 Å². The Bertz CT molecular complexity index is 1670. The Morgan fingerprint density at radius 3 is 2.82 bits per heavy atom. The topological polar surface area (TPSA) is 99.3 Å². The van der Waals surface area contributed by atoms with Gasteiger partial charge in [0, 0.05) is 55.9 Å². The minimum atomic E-state index is -0.739. The highest BCUT2D eigenvalue weighted by molar-refractivity contribution is 6.00. The molecule has 2 fully saturated rings. The molecule has 3 aromatic heterocycles. The Balaban J connectivity index is 1.57. The second-order valence-electron chi connectivity index (χ2n) is 9.84. The standard InChI is InChI=1S/C28H27F2N7O2/c1-3-17-20(29)6-7-21-23(17)18(13-22(38)33-21)25-24(30)26-19(14-32-25)27(36(2)15-16-5-4-8-31-16)35-28(34-26)37-9-11-39-12-10-37/h1,6-7,13-14,16,31H,4-5,8-12,15H2,2H3,(H,33,38)/t16-/m1/s1. The molecule has 2 aliphatic heterocycles. The molecule has 0 radical (unpaired) electrons. The van der Waals surface area contributed by atoms with Gasteiger partial charge in [-0.25, -0.2) is 13.8 Å². The van der Waals surface area contributed by atoms with Crippen LogP contribution in [-0.2, 0) is 4.74 Å². The quantitative estimate of drug-likeness (QED) is 0.380. The number of H-pyrrole nitrogens is 1. The predicted molar refractivity (Wildman–Crippen MR) is 146 cm³/mol. The monoisotopic (exact) mass is 531 g/mol. The Morgan fingerprint density at radius 2 is 2.08 bits per heavy atom. The first-order valence-electron chi connectivity index (χ1n) is 12.9. The minimum Gasteiger partial charge on any atom is -0.378 e. The zero-order chi connectivity index (χ0) is 27.1. The van der Waals surface area contributed by atoms with Crippen molar-refractivity contribution < 1.29 is 13.5 Å². The van der Waals surface area contributed by atoms with Gasteiger partial charge in [-0.05, 0) is 31.5 Å². The first kappa shape index (κ1) is 25.2. The highest BCUT2D eigenvalue weighted by Crippen LogP contribution is 2.35. The Kier molecular flexibility index (Phi) is 6.58. The van der Waals surface area contributed by atoms with Crippen molar-refractivity contribution in [3.63, 3.8) is 0 Å². The van der Waals surface area contributed by atoms with Gasteiger partial charge in [0.25, 0.3) is 0 Å². The van der Waals surface area contributed by atoms with Crippen LogP contribution in [0.5, 0.6) is 0 Å². The van der Waals surface area contributed by atoms with E-state index in [1.807, 2.05) is 16.8 Å². The SMILES string of the molecule is C#Cc1c(F)ccc2[nH]c(=O)cc(-c3ncc4c(N(C)C[C@H]5CCCN5)nc(N5CCOCC5)nc4c3F)c12. The molecule has 0 amide bonds. The number of likely N-dealkylation sites (N-methyl/N-ethyl adjacent to an activating group) is 1. The third-order valence-electron chi connectivity index (χ3n) is 7.32. The summed E-state index contributed by atoms with van der Waals surface area (Å²) in [7, 11) is 1.92. The van der Waals surface area contributed by atoms with Crippen molar-refractivity contribution in [1.29, 1.82) is 0 Å². The number of aromatic nitrogens is 4. The second-order valence-corrected chi connectivity index (χ2v) is 9.84. The fourth-order valence-electron chi connectivity index (χ4n) is 5.40. The molecule has 11 heteroatoms. The first-order valence-corrected chi connectivity index (χ1v) is 12.9. The van der Waals surface area contributed by atoms with Crippen molar-refractivity contribution in [2.45, 2.75) is 18.9 Å². The fourth-order valence-corrected chi connectivity index (χ4v) is 5.40. The number of fused-ring (bicyclic) bond motifs is 2. The summed E-state index contributed by atoms with van der Waals surface area (Å²) in [6.07, 6.45) is 9.27. The van der Waals surface area contributed by atoms with Crippen LogP contribution in [-0.4, -0.2) is 72.4 Å². The molecule has 2 aliphatic rings. The smallest absolute Gasteiger partial charge is 0.249 e. The number of aromatic amines is 1. The average molecular weight is 532 g/mol. The summed E-state index contributed by atoms with van der Waals surface area (Å²) in [6, 6.07) is 4.05. The van der Waals surface area contributed by atoms with Gasteiger partial charge in [0.1, 0.15) is 22.8 Å². The summed E-state index contributed by atoms with van der Waals surface area (Å²) in [4.78, 5) is 33.0. The van der Waals surface area contributed by atoms with E-state index in [0.717, 1.165) is 19.4 Å². The van der Waals surface area contributed by atoms with E-state index in [4.69, 9.17) is 16.1 Å². The van der Waals surface area contributed by atoms with E-state index in [1.165, 1.54) is 24.4 Å². The minimum absolute atomic E-state index is 0.0600. The van der Waals surface area contributed by atoms with Gasteiger partial charge in [-0.3, -0.25) is 9.78 Å². The van der Waals surface area contributed by atoms with Crippen LogP contribution in [0.15, 0.2) is 29.2 Å². The van der Waals surface area contributed by atoms with Crippen LogP contribution >= 0.6 is 0 Å². The lowest BCUT2D eigenvalue weighted by Gasteiger charge is -2.29. The lowest BCUT2D eigenvalue weighted by molar-refractivity contribution is 0.122. The van der Waals surface area contributed by atoms with Crippen molar-refractivity contribution in [2.24, 2.45) is 0 Å². The van der Waals surface area contributed by atoms with Crippen molar-refractivity contribution >= 4 is 33.6 Å². The summed E-state index contributed by atoms with van der Waals surface area (Å²) < 4.78 is 36.6. The summed E-state index contributed by atoms with van der Waals surface area (Å²) in [6.45, 7) is 3.82. The van der Waals surface area contributed by atoms with Crippen LogP contribution < -0.4 is 20.7 Å². The van der Waals surface area contributed by atoms with E-state index in [9.17, 15) is 9.18 Å². The largest absolute Gasteiger partial charge is 0.378 e. The number of nitrogens with zero attached hydrogens (tertiary/aromatic N) is 5. The summed E-state index contributed by atoms with van der Waals surface area (Å²) in [5.74, 6) is 1.88. The van der Waals surface area contributed by atoms with E-state index in [0.29, 0.717) is 56.0 Å². The number of hydrogen-bond donors (Lipinski definition) is 2. The Hall–Kier alpha value is -4.14. The van der Waals surface area contributed by atoms with Crippen molar-refractivity contribution in [1.82, 2.24) is 25.3 Å². The number of terminal acetylenes is 1. The maximum Gasteiger partial charge on any atom is 0.249 e. The van der Waals surface area contributed by atoms with E-state index < -0.39 is 17.2 Å². The number of nitrogens with one attached hydrogen (secondary N) is 2. The molecule has 1 atom stereocenters. The number of hydrogen-bond acceptors (Lipinski definition) is 8. The summed E-state index contributed by atoms with van der Waals surface area (Å²) in [5, 5.41) is 4.12. The lowest BCUT2D eigenvalue weighted by Crippen LogP contribution is -2.38. The predicted octanol–water partition coefficient (Wildman–Crippen LogP) is 2.82. The molecule has 4 aromatic rings. The van der Waals surface area contributed by atoms with Crippen molar-refractivity contribution in [2.75, 3.05) is 56.2 Å². The van der Waals surface area contributed by atoms with Crippen LogP contribution in [0.2, 0.25) is 0 Å². The molecule has 1 aromatic carbocycles. The average Bonchev–Trinajstić information content (AvgIpc) is 3.46. The van der Waals surface area contributed by atoms with Gasteiger partial charge in [-0.2, -0.15) is 4.98 Å². The molecule has 200 valence electrons. The van der Waals surface area contributed by atoms with Crippen LogP contribution in [0.1, 0.15) is 18.4 Å². The van der Waals surface area contributed by atoms with Gasteiger partial charge in [0.2, 0.25) is 11.5 Å². The highest BCUT2D eigenvalue weighted by atomic mass is 19.1. The van der Waals surface area contributed by atoms with Gasteiger partial charge in [0.05, 0.1) is 29.7 Å². The molecule has 0 unspecified atom stereocenters. The molecule has 0 bridgehead atoms. The number of halogens is 2. The number of pyridine rings is 2. The van der Waals surface area contributed by atoms with Crippen LogP contribution in [0.3, 0.4) is 0 Å². The number of morpholine rings is 1. The van der Waals surface area contributed by atoms with Gasteiger partial charge in [0.15, 0.2) is 5.82 Å². The summed E-state index contributed by atoms with van der Waals surface area (Å²) >= 11 is 0. The normalized spacial score (nSPS) is 17.6. The molecule has 0 aliphatic carbocycles. The molecule has 0 spiro atoms. The third-order valence-corrected chi connectivity index (χ3v) is 7.32. The van der Waals surface area contributed by atoms with E-state index in [1.54, 1.807) is 0 Å². The molecular weight excluding hydrogens is 504 g/mol. The van der Waals surface area contributed by atoms with Crippen molar-refractivity contribution in [3.8, 4) is 23.6 Å². The Labute approximate surface area is 223 Å². The zero-order valence-electron chi connectivity index (χ0n) is 21.4. The maximum atomic E-state index is 16.5. The molecule has 2 saturated heterocycles. The maximum absolute atomic E-state index is 16.5. The number of benzene rings is 1. The van der Waals surface area contributed by atoms with Crippen LogP contribution in [0, 0.1) is 24.0 Å². The number of anilines is 2. The second kappa shape index (κ2) is 10.2. The van der Waals surface area contributed by atoms with Gasteiger partial charge in [-0.15, -0.1) is 6.42 Å². The van der Waals surface area contributed by atoms with Crippen LogP contribution in [0.4, 0.5) is 20.5 Å². The van der Waals surface area contributed by atoms with E-state index in [-0.39, 0.29) is 33.2 Å². The van der Waals surface area contributed by atoms with Crippen molar-refractivity contribution in [3.05, 3.63) is 51.9 Å². The molecule has 0 saturated carbocycles. The molecular formula is C28H27F2N7O2. The first-order chi connectivity index (χ1) is 18.9. The highest BCUT2D eigenvalue weighted by Gasteiger charge is 2.25. The lowest BCUT2D eigenvalue weighted by atomic mass is 9.99. The Morgan fingerprint density at radius 1 is 1.26 bits per heavy atom. The van der Waals surface area contributed by atoms with Crippen LogP contribution in [0.25, 0.3) is 33.1 Å². The van der Waals surface area contributed by atoms with Gasteiger partial charge < -0.3 is 24.8 Å². The molecule has 5 heterocycles. The molecule has 6 rings (SSSR count). The summed E-state index contributed by atoms with van der Waals surface area (Å²) in [5.41, 5.74) is -0.273. The molecule has 39 heavy (non-hydrogen) atoms.